The molecule has 2 aromatic rings. The smallest absolute Gasteiger partial charge is 0.226 e. The molecular formula is C18H27FN6O3S. The minimum Gasteiger partial charge on any atom is -0.394 e. The second-order valence-corrected chi connectivity index (χ2v) is 9.08. The Labute approximate surface area is 170 Å². The van der Waals surface area contributed by atoms with E-state index in [9.17, 15) is 17.9 Å². The maximum absolute atomic E-state index is 13.4. The fourth-order valence-electron chi connectivity index (χ4n) is 2.92. The minimum absolute atomic E-state index is 0.00865. The van der Waals surface area contributed by atoms with Gasteiger partial charge in [0, 0.05) is 12.6 Å². The Morgan fingerprint density at radius 3 is 2.48 bits per heavy atom. The third-order valence-corrected chi connectivity index (χ3v) is 4.84. The summed E-state index contributed by atoms with van der Waals surface area (Å²) >= 11 is 0. The molecule has 11 heteroatoms. The van der Waals surface area contributed by atoms with Gasteiger partial charge < -0.3 is 10.4 Å². The SMILES string of the molecule is CC(C)C[C@H](CO)Nc1nc(C[C@H](C)c2ccnc(F)c2)nc(CS(N)(=O)=O)n1. The summed E-state index contributed by atoms with van der Waals surface area (Å²) in [5, 5.41) is 17.8. The highest BCUT2D eigenvalue weighted by molar-refractivity contribution is 7.88. The molecule has 0 unspecified atom stereocenters. The van der Waals surface area contributed by atoms with E-state index in [1.54, 1.807) is 6.07 Å². The van der Waals surface area contributed by atoms with Gasteiger partial charge >= 0.3 is 0 Å². The molecule has 9 nitrogen and oxygen atoms in total. The molecule has 0 aliphatic heterocycles. The number of anilines is 1. The maximum atomic E-state index is 13.4. The van der Waals surface area contributed by atoms with Gasteiger partial charge in [-0.1, -0.05) is 20.8 Å². The first-order chi connectivity index (χ1) is 13.6. The number of nitrogens with two attached hydrogens (primary N) is 1. The van der Waals surface area contributed by atoms with Crippen LogP contribution in [0.15, 0.2) is 18.3 Å². The zero-order valence-electron chi connectivity index (χ0n) is 16.7. The van der Waals surface area contributed by atoms with Gasteiger partial charge in [-0.05, 0) is 36.0 Å². The summed E-state index contributed by atoms with van der Waals surface area (Å²) in [6.07, 6.45) is 2.38. The number of primary sulfonamides is 1. The molecule has 0 amide bonds. The molecular weight excluding hydrogens is 399 g/mol. The van der Waals surface area contributed by atoms with Crippen molar-refractivity contribution in [2.75, 3.05) is 11.9 Å². The average molecular weight is 427 g/mol. The third kappa shape index (κ3) is 7.95. The van der Waals surface area contributed by atoms with Crippen molar-refractivity contribution in [3.8, 4) is 0 Å². The van der Waals surface area contributed by atoms with Crippen LogP contribution in [0.1, 0.15) is 50.3 Å². The van der Waals surface area contributed by atoms with Crippen LogP contribution in [0.2, 0.25) is 0 Å². The van der Waals surface area contributed by atoms with Crippen LogP contribution in [-0.2, 0) is 22.2 Å². The van der Waals surface area contributed by atoms with E-state index in [0.29, 0.717) is 30.1 Å². The van der Waals surface area contributed by atoms with E-state index in [2.05, 4.69) is 25.3 Å². The average Bonchev–Trinajstić information content (AvgIpc) is 2.59. The second-order valence-electron chi connectivity index (χ2n) is 7.47. The third-order valence-electron chi connectivity index (χ3n) is 4.18. The lowest BCUT2D eigenvalue weighted by molar-refractivity contribution is 0.259. The number of hydrogen-bond acceptors (Lipinski definition) is 8. The molecule has 2 heterocycles. The maximum Gasteiger partial charge on any atom is 0.226 e. The Kier molecular flexibility index (Phi) is 7.94. The number of aliphatic hydroxyl groups is 1. The molecule has 0 bridgehead atoms. The molecule has 4 N–H and O–H groups in total. The standard InChI is InChI=1S/C18H27FN6O3S/c1-11(2)6-14(9-26)22-18-24-16(23-17(25-18)10-29(20,27)28)7-12(3)13-4-5-21-15(19)8-13/h4-5,8,11-12,14,26H,6-7,9-10H2,1-3H3,(H2,20,27,28)(H,22,23,24,25)/t12-,14+/m0/s1. The van der Waals surface area contributed by atoms with Gasteiger partial charge in [0.2, 0.25) is 21.9 Å². The molecule has 0 spiro atoms. The van der Waals surface area contributed by atoms with Crippen molar-refractivity contribution < 1.29 is 17.9 Å². The Morgan fingerprint density at radius 1 is 1.21 bits per heavy atom. The largest absolute Gasteiger partial charge is 0.394 e. The summed E-state index contributed by atoms with van der Waals surface area (Å²) in [4.78, 5) is 16.2. The van der Waals surface area contributed by atoms with Crippen molar-refractivity contribution in [3.05, 3.63) is 41.5 Å². The van der Waals surface area contributed by atoms with Crippen LogP contribution in [0.4, 0.5) is 10.3 Å². The molecule has 0 aliphatic rings. The highest BCUT2D eigenvalue weighted by atomic mass is 32.2. The Morgan fingerprint density at radius 2 is 1.90 bits per heavy atom. The monoisotopic (exact) mass is 426 g/mol. The van der Waals surface area contributed by atoms with Crippen molar-refractivity contribution in [1.29, 1.82) is 0 Å². The molecule has 0 saturated carbocycles. The summed E-state index contributed by atoms with van der Waals surface area (Å²) < 4.78 is 36.4. The van der Waals surface area contributed by atoms with Gasteiger partial charge in [0.05, 0.1) is 12.6 Å². The van der Waals surface area contributed by atoms with E-state index in [0.717, 1.165) is 0 Å². The number of hydrogen-bond donors (Lipinski definition) is 3. The molecule has 29 heavy (non-hydrogen) atoms. The molecule has 0 aliphatic carbocycles. The predicted molar refractivity (Wildman–Crippen MR) is 107 cm³/mol. The van der Waals surface area contributed by atoms with Crippen molar-refractivity contribution >= 4 is 16.0 Å². The first kappa shape index (κ1) is 23.0. The number of rotatable bonds is 10. The first-order valence-corrected chi connectivity index (χ1v) is 11.0. The van der Waals surface area contributed by atoms with Gasteiger partial charge in [0.25, 0.3) is 0 Å². The van der Waals surface area contributed by atoms with Crippen molar-refractivity contribution in [1.82, 2.24) is 19.9 Å². The van der Waals surface area contributed by atoms with E-state index in [4.69, 9.17) is 5.14 Å². The van der Waals surface area contributed by atoms with Crippen LogP contribution < -0.4 is 10.5 Å². The minimum atomic E-state index is -3.84. The molecule has 2 rings (SSSR count). The quantitative estimate of drug-likeness (QED) is 0.483. The molecule has 2 atom stereocenters. The number of halogens is 1. The zero-order chi connectivity index (χ0) is 21.6. The number of nitrogens with one attached hydrogen (secondary N) is 1. The summed E-state index contributed by atoms with van der Waals surface area (Å²) in [7, 11) is -3.84. The highest BCUT2D eigenvalue weighted by Gasteiger charge is 2.18. The van der Waals surface area contributed by atoms with Crippen LogP contribution in [0.3, 0.4) is 0 Å². The summed E-state index contributed by atoms with van der Waals surface area (Å²) in [6.45, 7) is 5.78. The van der Waals surface area contributed by atoms with Crippen LogP contribution in [0.5, 0.6) is 0 Å². The predicted octanol–water partition coefficient (Wildman–Crippen LogP) is 1.36. The molecule has 2 aromatic heterocycles. The van der Waals surface area contributed by atoms with Crippen molar-refractivity contribution in [2.45, 2.75) is 51.3 Å². The summed E-state index contributed by atoms with van der Waals surface area (Å²) in [5.41, 5.74) is 0.716. The second kappa shape index (κ2) is 9.99. The number of pyridine rings is 1. The van der Waals surface area contributed by atoms with Gasteiger partial charge in [-0.3, -0.25) is 0 Å². The topological polar surface area (TPSA) is 144 Å². The van der Waals surface area contributed by atoms with Crippen LogP contribution >= 0.6 is 0 Å². The number of aromatic nitrogens is 4. The van der Waals surface area contributed by atoms with Crippen LogP contribution in [0.25, 0.3) is 0 Å². The van der Waals surface area contributed by atoms with E-state index in [-0.39, 0.29) is 30.3 Å². The number of sulfonamides is 1. The lowest BCUT2D eigenvalue weighted by Gasteiger charge is -2.19. The van der Waals surface area contributed by atoms with E-state index < -0.39 is 21.7 Å². The Balaban J connectivity index is 2.30. The zero-order valence-corrected chi connectivity index (χ0v) is 17.5. The number of nitrogens with zero attached hydrogens (tertiary/aromatic N) is 4. The van der Waals surface area contributed by atoms with E-state index >= 15 is 0 Å². The van der Waals surface area contributed by atoms with Gasteiger partial charge in [0.15, 0.2) is 5.82 Å². The highest BCUT2D eigenvalue weighted by Crippen LogP contribution is 2.20. The summed E-state index contributed by atoms with van der Waals surface area (Å²) in [6, 6.07) is 2.74. The molecule has 0 fully saturated rings. The van der Waals surface area contributed by atoms with Gasteiger partial charge in [-0.25, -0.2) is 23.5 Å². The van der Waals surface area contributed by atoms with Crippen LogP contribution in [0, 0.1) is 11.9 Å². The van der Waals surface area contributed by atoms with E-state index in [1.807, 2.05) is 20.8 Å². The molecule has 0 saturated heterocycles. The first-order valence-electron chi connectivity index (χ1n) is 9.29. The Bertz CT molecular complexity index is 926. The van der Waals surface area contributed by atoms with Crippen molar-refractivity contribution in [2.24, 2.45) is 11.1 Å². The number of aliphatic hydroxyl groups excluding tert-OH is 1. The lowest BCUT2D eigenvalue weighted by atomic mass is 9.98. The van der Waals surface area contributed by atoms with Crippen molar-refractivity contribution in [3.63, 3.8) is 0 Å². The van der Waals surface area contributed by atoms with Crippen LogP contribution in [-0.4, -0.2) is 46.1 Å². The molecule has 0 aromatic carbocycles. The Hall–Kier alpha value is -2.24. The van der Waals surface area contributed by atoms with E-state index in [1.165, 1.54) is 12.3 Å². The fraction of sp³-hybridized carbons (Fsp3) is 0.556. The lowest BCUT2D eigenvalue weighted by Crippen LogP contribution is -2.28. The van der Waals surface area contributed by atoms with Gasteiger partial charge in [-0.2, -0.15) is 14.4 Å². The fourth-order valence-corrected chi connectivity index (χ4v) is 3.40. The summed E-state index contributed by atoms with van der Waals surface area (Å²) in [5.74, 6) is -0.422. The van der Waals surface area contributed by atoms with Gasteiger partial charge in [-0.15, -0.1) is 0 Å². The van der Waals surface area contributed by atoms with Gasteiger partial charge in [0.1, 0.15) is 11.6 Å². The molecule has 160 valence electrons. The molecule has 0 radical (unpaired) electrons. The normalized spacial score (nSPS) is 14.0.